The Morgan fingerprint density at radius 1 is 1.44 bits per heavy atom. The number of hydrogen-bond donors (Lipinski definition) is 0. The Labute approximate surface area is 116 Å². The number of halogens is 2. The number of hydrogen-bond acceptors (Lipinski definition) is 1. The van der Waals surface area contributed by atoms with Gasteiger partial charge < -0.3 is 0 Å². The molecule has 1 aromatic heterocycles. The molecule has 2 rings (SSSR count). The van der Waals surface area contributed by atoms with Gasteiger partial charge in [-0.1, -0.05) is 32.1 Å². The molecular weight excluding hydrogens is 304 g/mol. The lowest BCUT2D eigenvalue weighted by Crippen LogP contribution is -2.08. The monoisotopic (exact) mass is 320 g/mol. The lowest BCUT2D eigenvalue weighted by Gasteiger charge is -2.23. The molecule has 0 aliphatic heterocycles. The van der Waals surface area contributed by atoms with Gasteiger partial charge >= 0.3 is 0 Å². The Kier molecular flexibility index (Phi) is 4.75. The van der Waals surface area contributed by atoms with Crippen molar-refractivity contribution < 1.29 is 0 Å². The minimum atomic E-state index is 0.220. The maximum Gasteiger partial charge on any atom is 0.0681 e. The van der Waals surface area contributed by atoms with Crippen LogP contribution in [0.5, 0.6) is 0 Å². The van der Waals surface area contributed by atoms with Gasteiger partial charge in [0.05, 0.1) is 5.38 Å². The van der Waals surface area contributed by atoms with E-state index in [1.54, 1.807) is 0 Å². The number of alkyl halides is 1. The molecule has 1 aromatic rings. The normalized spacial score (nSPS) is 19.9. The van der Waals surface area contributed by atoms with Crippen molar-refractivity contribution >= 4 is 38.9 Å². The molecular formula is C13H18BrClS. The van der Waals surface area contributed by atoms with Crippen molar-refractivity contribution in [3.05, 3.63) is 20.3 Å². The van der Waals surface area contributed by atoms with Crippen molar-refractivity contribution in [2.45, 2.75) is 50.8 Å². The Hall–Kier alpha value is 0.470. The topological polar surface area (TPSA) is 0 Å². The minimum Gasteiger partial charge on any atom is -0.143 e. The molecule has 0 radical (unpaired) electrons. The van der Waals surface area contributed by atoms with E-state index in [0.717, 1.165) is 12.3 Å². The maximum absolute atomic E-state index is 6.51. The molecule has 0 aromatic carbocycles. The van der Waals surface area contributed by atoms with Crippen molar-refractivity contribution in [3.8, 4) is 0 Å². The van der Waals surface area contributed by atoms with Crippen LogP contribution in [0.2, 0.25) is 0 Å². The van der Waals surface area contributed by atoms with Gasteiger partial charge in [-0.05, 0) is 41.3 Å². The second-order valence-electron chi connectivity index (χ2n) is 4.76. The summed E-state index contributed by atoms with van der Waals surface area (Å²) in [6.07, 6.45) is 8.16. The highest BCUT2D eigenvalue weighted by Crippen LogP contribution is 2.39. The molecule has 0 nitrogen and oxygen atoms in total. The van der Waals surface area contributed by atoms with Crippen LogP contribution in [0.15, 0.2) is 10.5 Å². The minimum absolute atomic E-state index is 0.220. The van der Waals surface area contributed by atoms with E-state index in [-0.39, 0.29) is 5.38 Å². The van der Waals surface area contributed by atoms with E-state index in [1.165, 1.54) is 46.3 Å². The molecule has 0 N–H and O–H groups in total. The molecule has 3 heteroatoms. The van der Waals surface area contributed by atoms with Gasteiger partial charge in [0, 0.05) is 14.2 Å². The van der Waals surface area contributed by atoms with E-state index in [4.69, 9.17) is 11.6 Å². The van der Waals surface area contributed by atoms with Gasteiger partial charge in [-0.3, -0.25) is 0 Å². The largest absolute Gasteiger partial charge is 0.143 e. The van der Waals surface area contributed by atoms with E-state index in [2.05, 4.69) is 28.9 Å². The molecule has 1 atom stereocenters. The molecule has 0 spiro atoms. The zero-order valence-corrected chi connectivity index (χ0v) is 12.8. The van der Waals surface area contributed by atoms with E-state index >= 15 is 0 Å². The summed E-state index contributed by atoms with van der Waals surface area (Å²) >= 11 is 11.9. The third-order valence-corrected chi connectivity index (χ3v) is 6.24. The molecule has 1 saturated carbocycles. The van der Waals surface area contributed by atoms with Crippen LogP contribution in [0, 0.1) is 12.8 Å². The predicted molar refractivity (Wildman–Crippen MR) is 76.5 cm³/mol. The fourth-order valence-corrected chi connectivity index (χ4v) is 4.47. The Balaban J connectivity index is 1.93. The first kappa shape index (κ1) is 12.9. The first-order chi connectivity index (χ1) is 7.66. The van der Waals surface area contributed by atoms with Crippen LogP contribution in [0.3, 0.4) is 0 Å². The third kappa shape index (κ3) is 3.24. The number of thiophene rings is 1. The summed E-state index contributed by atoms with van der Waals surface area (Å²) in [5.41, 5.74) is 0. The van der Waals surface area contributed by atoms with Gasteiger partial charge in [0.1, 0.15) is 0 Å². The zero-order valence-electron chi connectivity index (χ0n) is 9.64. The smallest absolute Gasteiger partial charge is 0.0681 e. The number of rotatable bonds is 3. The molecule has 0 saturated heterocycles. The standard InChI is InChI=1S/C13H18BrClS/c1-9-11(14)8-13(16-9)12(15)7-10-5-3-2-4-6-10/h8,10,12H,2-7H2,1H3. The van der Waals surface area contributed by atoms with Crippen LogP contribution in [-0.2, 0) is 0 Å². The molecule has 0 bridgehead atoms. The van der Waals surface area contributed by atoms with E-state index < -0.39 is 0 Å². The van der Waals surface area contributed by atoms with Crippen molar-refractivity contribution in [1.82, 2.24) is 0 Å². The summed E-state index contributed by atoms with van der Waals surface area (Å²) in [6.45, 7) is 2.14. The van der Waals surface area contributed by atoms with Crippen LogP contribution in [-0.4, -0.2) is 0 Å². The van der Waals surface area contributed by atoms with Crippen molar-refractivity contribution in [2.24, 2.45) is 5.92 Å². The second kappa shape index (κ2) is 5.88. The molecule has 0 amide bonds. The van der Waals surface area contributed by atoms with Gasteiger partial charge in [-0.25, -0.2) is 0 Å². The van der Waals surface area contributed by atoms with Gasteiger partial charge in [-0.2, -0.15) is 0 Å². The third-order valence-electron chi connectivity index (χ3n) is 3.45. The fraction of sp³-hybridized carbons (Fsp3) is 0.692. The van der Waals surface area contributed by atoms with Crippen molar-refractivity contribution in [1.29, 1.82) is 0 Å². The Morgan fingerprint density at radius 2 is 2.12 bits per heavy atom. The van der Waals surface area contributed by atoms with Crippen molar-refractivity contribution in [2.75, 3.05) is 0 Å². The first-order valence-electron chi connectivity index (χ1n) is 6.06. The highest BCUT2D eigenvalue weighted by molar-refractivity contribution is 9.10. The van der Waals surface area contributed by atoms with Gasteiger partial charge in [-0.15, -0.1) is 22.9 Å². The summed E-state index contributed by atoms with van der Waals surface area (Å²) in [6, 6.07) is 2.19. The van der Waals surface area contributed by atoms with Crippen molar-refractivity contribution in [3.63, 3.8) is 0 Å². The fourth-order valence-electron chi connectivity index (χ4n) is 2.47. The molecule has 16 heavy (non-hydrogen) atoms. The lowest BCUT2D eigenvalue weighted by molar-refractivity contribution is 0.337. The van der Waals surface area contributed by atoms with Crippen LogP contribution < -0.4 is 0 Å². The first-order valence-corrected chi connectivity index (χ1v) is 8.11. The summed E-state index contributed by atoms with van der Waals surface area (Å²) in [7, 11) is 0. The van der Waals surface area contributed by atoms with E-state index in [0.29, 0.717) is 0 Å². The van der Waals surface area contributed by atoms with Crippen LogP contribution in [0.1, 0.15) is 53.7 Å². The lowest BCUT2D eigenvalue weighted by atomic mass is 9.86. The molecule has 1 heterocycles. The summed E-state index contributed by atoms with van der Waals surface area (Å²) in [4.78, 5) is 2.67. The highest BCUT2D eigenvalue weighted by Gasteiger charge is 2.20. The Bertz CT molecular complexity index is 322. The second-order valence-corrected chi connectivity index (χ2v) is 7.43. The molecule has 90 valence electrons. The van der Waals surface area contributed by atoms with Crippen LogP contribution >= 0.6 is 38.9 Å². The van der Waals surface area contributed by atoms with Crippen LogP contribution in [0.4, 0.5) is 0 Å². The quantitative estimate of drug-likeness (QED) is 0.593. The van der Waals surface area contributed by atoms with Gasteiger partial charge in [0.25, 0.3) is 0 Å². The van der Waals surface area contributed by atoms with Gasteiger partial charge in [0.15, 0.2) is 0 Å². The maximum atomic E-state index is 6.51. The molecule has 1 fully saturated rings. The predicted octanol–water partition coefficient (Wildman–Crippen LogP) is 6.07. The van der Waals surface area contributed by atoms with E-state index in [1.807, 2.05) is 11.3 Å². The molecule has 1 aliphatic carbocycles. The summed E-state index contributed by atoms with van der Waals surface area (Å²) in [5, 5.41) is 0.220. The van der Waals surface area contributed by atoms with E-state index in [9.17, 15) is 0 Å². The summed E-state index contributed by atoms with van der Waals surface area (Å²) < 4.78 is 1.21. The number of aryl methyl sites for hydroxylation is 1. The van der Waals surface area contributed by atoms with Gasteiger partial charge in [0.2, 0.25) is 0 Å². The average Bonchev–Trinajstić information content (AvgIpc) is 2.61. The SMILES string of the molecule is Cc1sc(C(Cl)CC2CCCCC2)cc1Br. The Morgan fingerprint density at radius 3 is 2.69 bits per heavy atom. The average molecular weight is 322 g/mol. The summed E-state index contributed by atoms with van der Waals surface area (Å²) in [5.74, 6) is 0.859. The molecule has 1 unspecified atom stereocenters. The molecule has 1 aliphatic rings. The zero-order chi connectivity index (χ0) is 11.5. The van der Waals surface area contributed by atoms with Crippen LogP contribution in [0.25, 0.3) is 0 Å². The highest BCUT2D eigenvalue weighted by atomic mass is 79.9.